The van der Waals surface area contributed by atoms with Gasteiger partial charge in [0.15, 0.2) is 0 Å². The van der Waals surface area contributed by atoms with Crippen molar-refractivity contribution in [3.63, 3.8) is 0 Å². The molecule has 9 nitrogen and oxygen atoms in total. The van der Waals surface area contributed by atoms with Crippen LogP contribution in [0.3, 0.4) is 0 Å². The topological polar surface area (TPSA) is 108 Å². The van der Waals surface area contributed by atoms with E-state index in [1.165, 1.54) is 0 Å². The second-order valence-electron chi connectivity index (χ2n) is 7.20. The van der Waals surface area contributed by atoms with Gasteiger partial charge in [-0.15, -0.1) is 0 Å². The fourth-order valence-electron chi connectivity index (χ4n) is 2.32. The Balaban J connectivity index is 2.32. The van der Waals surface area contributed by atoms with Crippen LogP contribution in [-0.4, -0.2) is 77.6 Å². The molecule has 1 atom stereocenters. The molecule has 1 unspecified atom stereocenters. The molecule has 26 heavy (non-hydrogen) atoms. The largest absolute Gasteiger partial charge is 0.449 e. The number of rotatable bonds is 6. The molecular weight excluding hydrogens is 342 g/mol. The summed E-state index contributed by atoms with van der Waals surface area (Å²) in [7, 11) is 0. The van der Waals surface area contributed by atoms with Crippen molar-refractivity contribution in [3.8, 4) is 0 Å². The number of hydrogen-bond acceptors (Lipinski definition) is 6. The molecular formula is C17H31N3O6. The van der Waals surface area contributed by atoms with Gasteiger partial charge >= 0.3 is 12.2 Å². The van der Waals surface area contributed by atoms with Crippen LogP contribution in [0, 0.1) is 0 Å². The van der Waals surface area contributed by atoms with Crippen molar-refractivity contribution in [2.24, 2.45) is 0 Å². The second-order valence-corrected chi connectivity index (χ2v) is 7.20. The summed E-state index contributed by atoms with van der Waals surface area (Å²) >= 11 is 0. The van der Waals surface area contributed by atoms with Crippen molar-refractivity contribution >= 4 is 18.1 Å². The summed E-state index contributed by atoms with van der Waals surface area (Å²) in [5, 5.41) is 12.1. The molecule has 0 spiro atoms. The van der Waals surface area contributed by atoms with Gasteiger partial charge in [-0.25, -0.2) is 9.59 Å². The van der Waals surface area contributed by atoms with Crippen molar-refractivity contribution < 1.29 is 29.0 Å². The Kier molecular flexibility index (Phi) is 8.64. The van der Waals surface area contributed by atoms with Crippen molar-refractivity contribution in [1.82, 2.24) is 15.1 Å². The number of piperazine rings is 1. The van der Waals surface area contributed by atoms with Crippen LogP contribution in [0.2, 0.25) is 0 Å². The van der Waals surface area contributed by atoms with Gasteiger partial charge < -0.3 is 24.4 Å². The van der Waals surface area contributed by atoms with E-state index >= 15 is 0 Å². The summed E-state index contributed by atoms with van der Waals surface area (Å²) in [6, 6.07) is 0. The number of hydrogen-bond donors (Lipinski definition) is 2. The van der Waals surface area contributed by atoms with Crippen molar-refractivity contribution in [2.45, 2.75) is 58.8 Å². The average Bonchev–Trinajstić information content (AvgIpc) is 2.53. The molecule has 0 aromatic carbocycles. The second kappa shape index (κ2) is 10.2. The van der Waals surface area contributed by atoms with E-state index in [1.807, 2.05) is 6.92 Å². The van der Waals surface area contributed by atoms with Gasteiger partial charge in [0, 0.05) is 26.2 Å². The molecule has 1 aliphatic rings. The molecule has 1 aliphatic heterocycles. The maximum absolute atomic E-state index is 12.2. The predicted molar refractivity (Wildman–Crippen MR) is 94.4 cm³/mol. The van der Waals surface area contributed by atoms with E-state index in [9.17, 15) is 19.5 Å². The zero-order valence-electron chi connectivity index (χ0n) is 16.1. The Labute approximate surface area is 154 Å². The summed E-state index contributed by atoms with van der Waals surface area (Å²) in [5.41, 5.74) is -0.685. The molecule has 150 valence electrons. The minimum atomic E-state index is -1.32. The van der Waals surface area contributed by atoms with E-state index in [0.29, 0.717) is 32.8 Å². The number of carbonyl (C=O) groups excluding carboxylic acids is 3. The lowest BCUT2D eigenvalue weighted by Crippen LogP contribution is -2.52. The van der Waals surface area contributed by atoms with Gasteiger partial charge in [-0.2, -0.15) is 0 Å². The van der Waals surface area contributed by atoms with Gasteiger partial charge in [0.25, 0.3) is 0 Å². The van der Waals surface area contributed by atoms with Gasteiger partial charge in [0.1, 0.15) is 11.8 Å². The monoisotopic (exact) mass is 373 g/mol. The molecule has 0 saturated carbocycles. The first-order chi connectivity index (χ1) is 12.1. The molecule has 0 radical (unpaired) electrons. The summed E-state index contributed by atoms with van der Waals surface area (Å²) in [6.45, 7) is 9.02. The normalized spacial score (nSPS) is 16.0. The van der Waals surface area contributed by atoms with Gasteiger partial charge in [-0.3, -0.25) is 10.1 Å². The Hall–Kier alpha value is -2.03. The highest BCUT2D eigenvalue weighted by Crippen LogP contribution is 2.09. The van der Waals surface area contributed by atoms with Crippen LogP contribution in [0.15, 0.2) is 0 Å². The SMILES string of the molecule is CCCCOC(=O)N1CCN(C(=O)CC(O)NC(=O)OC(C)(C)C)CC1. The number of amides is 3. The highest BCUT2D eigenvalue weighted by molar-refractivity contribution is 5.78. The Morgan fingerprint density at radius 2 is 1.69 bits per heavy atom. The standard InChI is InChI=1S/C17H31N3O6/c1-5-6-11-25-16(24)20-9-7-19(8-10-20)14(22)12-13(21)18-15(23)26-17(2,3)4/h13,21H,5-12H2,1-4H3,(H,18,23). The quantitative estimate of drug-likeness (QED) is 0.537. The van der Waals surface area contributed by atoms with Crippen LogP contribution in [0.25, 0.3) is 0 Å². The highest BCUT2D eigenvalue weighted by atomic mass is 16.6. The van der Waals surface area contributed by atoms with Crippen molar-refractivity contribution in [2.75, 3.05) is 32.8 Å². The molecule has 0 bridgehead atoms. The summed E-state index contributed by atoms with van der Waals surface area (Å²) in [6.07, 6.45) is -0.939. The number of nitrogens with one attached hydrogen (secondary N) is 1. The molecule has 1 fully saturated rings. The number of unbranched alkanes of at least 4 members (excludes halogenated alkanes) is 1. The van der Waals surface area contributed by atoms with Crippen LogP contribution in [0.5, 0.6) is 0 Å². The van der Waals surface area contributed by atoms with E-state index in [4.69, 9.17) is 9.47 Å². The lowest BCUT2D eigenvalue weighted by atomic mass is 10.2. The molecule has 3 amide bonds. The van der Waals surface area contributed by atoms with Crippen LogP contribution in [0.4, 0.5) is 9.59 Å². The summed E-state index contributed by atoms with van der Waals surface area (Å²) in [5.74, 6) is -0.299. The number of ether oxygens (including phenoxy) is 2. The van der Waals surface area contributed by atoms with Crippen LogP contribution in [0.1, 0.15) is 47.0 Å². The smallest absolute Gasteiger partial charge is 0.409 e. The van der Waals surface area contributed by atoms with Gasteiger partial charge in [0.2, 0.25) is 5.91 Å². The number of alkyl carbamates (subject to hydrolysis) is 1. The number of carbonyl (C=O) groups is 3. The number of aliphatic hydroxyl groups excluding tert-OH is 1. The van der Waals surface area contributed by atoms with Crippen LogP contribution >= 0.6 is 0 Å². The lowest BCUT2D eigenvalue weighted by molar-refractivity contribution is -0.135. The minimum absolute atomic E-state index is 0.250. The minimum Gasteiger partial charge on any atom is -0.449 e. The van der Waals surface area contributed by atoms with E-state index in [1.54, 1.807) is 30.6 Å². The Morgan fingerprint density at radius 1 is 1.12 bits per heavy atom. The molecule has 1 rings (SSSR count). The molecule has 2 N–H and O–H groups in total. The van der Waals surface area contributed by atoms with E-state index in [0.717, 1.165) is 12.8 Å². The zero-order valence-corrected chi connectivity index (χ0v) is 16.1. The third-order valence-electron chi connectivity index (χ3n) is 3.67. The van der Waals surface area contributed by atoms with Crippen LogP contribution in [-0.2, 0) is 14.3 Å². The van der Waals surface area contributed by atoms with Gasteiger partial charge in [-0.1, -0.05) is 13.3 Å². The molecule has 1 heterocycles. The van der Waals surface area contributed by atoms with E-state index in [-0.39, 0.29) is 18.4 Å². The highest BCUT2D eigenvalue weighted by Gasteiger charge is 2.27. The Morgan fingerprint density at radius 3 is 2.23 bits per heavy atom. The van der Waals surface area contributed by atoms with Crippen molar-refractivity contribution in [3.05, 3.63) is 0 Å². The van der Waals surface area contributed by atoms with Crippen molar-refractivity contribution in [1.29, 1.82) is 0 Å². The van der Waals surface area contributed by atoms with E-state index < -0.39 is 17.9 Å². The Bertz CT molecular complexity index is 483. The third-order valence-corrected chi connectivity index (χ3v) is 3.67. The first-order valence-corrected chi connectivity index (χ1v) is 8.99. The number of aliphatic hydroxyl groups is 1. The first-order valence-electron chi connectivity index (χ1n) is 8.99. The van der Waals surface area contributed by atoms with Crippen LogP contribution < -0.4 is 5.32 Å². The zero-order chi connectivity index (χ0) is 19.7. The molecule has 0 aromatic heterocycles. The maximum atomic E-state index is 12.2. The third kappa shape index (κ3) is 8.37. The fraction of sp³-hybridized carbons (Fsp3) is 0.824. The van der Waals surface area contributed by atoms with E-state index in [2.05, 4.69) is 5.32 Å². The maximum Gasteiger partial charge on any atom is 0.409 e. The molecule has 9 heteroatoms. The summed E-state index contributed by atoms with van der Waals surface area (Å²) < 4.78 is 10.2. The first kappa shape index (κ1) is 22.0. The average molecular weight is 373 g/mol. The molecule has 0 aliphatic carbocycles. The number of nitrogens with zero attached hydrogens (tertiary/aromatic N) is 2. The predicted octanol–water partition coefficient (Wildman–Crippen LogP) is 1.30. The molecule has 0 aromatic rings. The van der Waals surface area contributed by atoms with Gasteiger partial charge in [0.05, 0.1) is 13.0 Å². The van der Waals surface area contributed by atoms with Gasteiger partial charge in [-0.05, 0) is 27.2 Å². The fourth-order valence-corrected chi connectivity index (χ4v) is 2.32. The lowest BCUT2D eigenvalue weighted by Gasteiger charge is -2.34. The summed E-state index contributed by atoms with van der Waals surface area (Å²) in [4.78, 5) is 38.8. The molecule has 1 saturated heterocycles.